The Morgan fingerprint density at radius 2 is 1.93 bits per heavy atom. The van der Waals surface area contributed by atoms with Crippen LogP contribution in [0, 0.1) is 0 Å². The van der Waals surface area contributed by atoms with Crippen molar-refractivity contribution in [3.63, 3.8) is 0 Å². The lowest BCUT2D eigenvalue weighted by Gasteiger charge is -2.28. The number of likely N-dealkylation sites (N-methyl/N-ethyl adjacent to an activating group) is 1. The number of aliphatic imine (C=N–C) groups is 1. The molecule has 1 rings (SSSR count). The van der Waals surface area contributed by atoms with E-state index in [9.17, 15) is 8.42 Å². The molecule has 2 atom stereocenters. The summed E-state index contributed by atoms with van der Waals surface area (Å²) in [7, 11) is 4.44. The van der Waals surface area contributed by atoms with Crippen LogP contribution in [0.25, 0.3) is 0 Å². The van der Waals surface area contributed by atoms with E-state index in [0.29, 0.717) is 18.9 Å². The summed E-state index contributed by atoms with van der Waals surface area (Å²) in [4.78, 5) is 6.35. The minimum atomic E-state index is -2.96. The minimum Gasteiger partial charge on any atom is -0.496 e. The van der Waals surface area contributed by atoms with Crippen molar-refractivity contribution in [3.05, 3.63) is 29.8 Å². The molecule has 7 nitrogen and oxygen atoms in total. The van der Waals surface area contributed by atoms with E-state index in [1.54, 1.807) is 14.2 Å². The van der Waals surface area contributed by atoms with Crippen LogP contribution in [0.3, 0.4) is 0 Å². The third kappa shape index (κ3) is 9.61. The number of nitrogens with one attached hydrogen (secondary N) is 2. The summed E-state index contributed by atoms with van der Waals surface area (Å²) in [6.07, 6.45) is 1.78. The third-order valence-corrected chi connectivity index (χ3v) is 5.09. The van der Waals surface area contributed by atoms with E-state index in [1.165, 1.54) is 6.26 Å². The molecular formula is C18H33IN4O3S. The predicted molar refractivity (Wildman–Crippen MR) is 123 cm³/mol. The fraction of sp³-hybridized carbons (Fsp3) is 0.611. The SMILES string of the molecule is CN=C(NCC(c1ccccc1OC)N(C)C)NC(C)CCS(C)(=O)=O.I. The van der Waals surface area contributed by atoms with Crippen molar-refractivity contribution in [2.75, 3.05) is 46.8 Å². The van der Waals surface area contributed by atoms with Crippen LogP contribution in [-0.2, 0) is 9.84 Å². The van der Waals surface area contributed by atoms with E-state index in [2.05, 4.69) is 26.6 Å². The first kappa shape index (κ1) is 25.9. The van der Waals surface area contributed by atoms with Crippen LogP contribution >= 0.6 is 24.0 Å². The summed E-state index contributed by atoms with van der Waals surface area (Å²) < 4.78 is 28.1. The Morgan fingerprint density at radius 3 is 2.44 bits per heavy atom. The van der Waals surface area contributed by atoms with Gasteiger partial charge >= 0.3 is 0 Å². The van der Waals surface area contributed by atoms with Crippen LogP contribution in [-0.4, -0.2) is 72.1 Å². The normalized spacial score (nSPS) is 14.3. The maximum absolute atomic E-state index is 11.3. The molecule has 0 aliphatic carbocycles. The van der Waals surface area contributed by atoms with Crippen molar-refractivity contribution >= 4 is 39.8 Å². The highest BCUT2D eigenvalue weighted by Gasteiger charge is 2.19. The van der Waals surface area contributed by atoms with E-state index < -0.39 is 9.84 Å². The van der Waals surface area contributed by atoms with E-state index in [-0.39, 0.29) is 41.8 Å². The van der Waals surface area contributed by atoms with Crippen LogP contribution in [0.5, 0.6) is 5.75 Å². The zero-order valence-corrected chi connectivity index (χ0v) is 20.2. The average molecular weight is 512 g/mol. The number of ether oxygens (including phenoxy) is 1. The topological polar surface area (TPSA) is 83.0 Å². The molecule has 9 heteroatoms. The molecule has 0 saturated carbocycles. The molecular weight excluding hydrogens is 479 g/mol. The smallest absolute Gasteiger partial charge is 0.191 e. The van der Waals surface area contributed by atoms with Gasteiger partial charge in [0, 0.05) is 31.5 Å². The Hall–Kier alpha value is -1.07. The standard InChI is InChI=1S/C18H32N4O3S.HI/c1-14(11-12-26(6,23)24)21-18(19-2)20-13-16(22(3)4)15-9-7-8-10-17(15)25-5;/h7-10,14,16H,11-13H2,1-6H3,(H2,19,20,21);1H. The summed E-state index contributed by atoms with van der Waals surface area (Å²) in [5.41, 5.74) is 1.09. The number of guanidine groups is 1. The molecule has 0 amide bonds. The number of halogens is 1. The monoisotopic (exact) mass is 512 g/mol. The van der Waals surface area contributed by atoms with Crippen LogP contribution in [0.2, 0.25) is 0 Å². The molecule has 27 heavy (non-hydrogen) atoms. The molecule has 0 aliphatic rings. The maximum Gasteiger partial charge on any atom is 0.191 e. The van der Waals surface area contributed by atoms with Crippen LogP contribution in [0.15, 0.2) is 29.3 Å². The highest BCUT2D eigenvalue weighted by Crippen LogP contribution is 2.27. The molecule has 2 unspecified atom stereocenters. The second-order valence-corrected chi connectivity index (χ2v) is 8.90. The Morgan fingerprint density at radius 1 is 1.30 bits per heavy atom. The van der Waals surface area contributed by atoms with Crippen molar-refractivity contribution in [2.24, 2.45) is 4.99 Å². The molecule has 0 radical (unpaired) electrons. The van der Waals surface area contributed by atoms with Gasteiger partial charge in [-0.15, -0.1) is 24.0 Å². The number of benzene rings is 1. The van der Waals surface area contributed by atoms with Crippen molar-refractivity contribution in [3.8, 4) is 5.75 Å². The Balaban J connectivity index is 0.00000676. The molecule has 0 saturated heterocycles. The minimum absolute atomic E-state index is 0. The Kier molecular flexibility index (Phi) is 11.9. The third-order valence-electron chi connectivity index (χ3n) is 4.11. The largest absolute Gasteiger partial charge is 0.496 e. The number of rotatable bonds is 9. The summed E-state index contributed by atoms with van der Waals surface area (Å²) >= 11 is 0. The Labute approximate surface area is 180 Å². The lowest BCUT2D eigenvalue weighted by Crippen LogP contribution is -2.45. The molecule has 0 aliphatic heterocycles. The van der Waals surface area contributed by atoms with E-state index in [0.717, 1.165) is 11.3 Å². The van der Waals surface area contributed by atoms with Gasteiger partial charge in [0.2, 0.25) is 0 Å². The van der Waals surface area contributed by atoms with Crippen molar-refractivity contribution < 1.29 is 13.2 Å². The fourth-order valence-electron chi connectivity index (χ4n) is 2.60. The van der Waals surface area contributed by atoms with Gasteiger partial charge in [-0.1, -0.05) is 18.2 Å². The molecule has 1 aromatic rings. The van der Waals surface area contributed by atoms with Gasteiger partial charge in [0.15, 0.2) is 5.96 Å². The number of hydrogen-bond donors (Lipinski definition) is 2. The van der Waals surface area contributed by atoms with E-state index in [4.69, 9.17) is 4.74 Å². The molecule has 0 heterocycles. The van der Waals surface area contributed by atoms with Crippen molar-refractivity contribution in [1.82, 2.24) is 15.5 Å². The number of hydrogen-bond acceptors (Lipinski definition) is 5. The van der Waals surface area contributed by atoms with Gasteiger partial charge in [-0.05, 0) is 33.5 Å². The molecule has 156 valence electrons. The zero-order valence-electron chi connectivity index (χ0n) is 17.0. The quantitative estimate of drug-likeness (QED) is 0.299. The van der Waals surface area contributed by atoms with Gasteiger partial charge in [0.1, 0.15) is 15.6 Å². The van der Waals surface area contributed by atoms with Gasteiger partial charge in [-0.3, -0.25) is 4.99 Å². The lowest BCUT2D eigenvalue weighted by atomic mass is 10.0. The molecule has 0 bridgehead atoms. The van der Waals surface area contributed by atoms with Crippen LogP contribution < -0.4 is 15.4 Å². The lowest BCUT2D eigenvalue weighted by molar-refractivity contribution is 0.287. The van der Waals surface area contributed by atoms with Gasteiger partial charge < -0.3 is 20.3 Å². The average Bonchev–Trinajstić information content (AvgIpc) is 2.58. The fourth-order valence-corrected chi connectivity index (χ4v) is 3.38. The number of methoxy groups -OCH3 is 1. The zero-order chi connectivity index (χ0) is 19.7. The second kappa shape index (κ2) is 12.4. The summed E-state index contributed by atoms with van der Waals surface area (Å²) in [5.74, 6) is 1.64. The molecule has 0 spiro atoms. The molecule has 2 N–H and O–H groups in total. The predicted octanol–water partition coefficient (Wildman–Crippen LogP) is 1.90. The van der Waals surface area contributed by atoms with Crippen molar-refractivity contribution in [2.45, 2.75) is 25.4 Å². The summed E-state index contributed by atoms with van der Waals surface area (Å²) in [6.45, 7) is 2.58. The first-order chi connectivity index (χ1) is 12.2. The molecule has 1 aromatic carbocycles. The van der Waals surface area contributed by atoms with Gasteiger partial charge in [-0.25, -0.2) is 8.42 Å². The maximum atomic E-state index is 11.3. The van der Waals surface area contributed by atoms with Gasteiger partial charge in [0.25, 0.3) is 0 Å². The first-order valence-electron chi connectivity index (χ1n) is 8.62. The van der Waals surface area contributed by atoms with Crippen molar-refractivity contribution in [1.29, 1.82) is 0 Å². The first-order valence-corrected chi connectivity index (χ1v) is 10.7. The Bertz CT molecular complexity index is 696. The summed E-state index contributed by atoms with van der Waals surface area (Å²) in [5, 5.41) is 6.56. The van der Waals surface area contributed by atoms with Gasteiger partial charge in [-0.2, -0.15) is 0 Å². The van der Waals surface area contributed by atoms with Crippen LogP contribution in [0.1, 0.15) is 24.9 Å². The number of nitrogens with zero attached hydrogens (tertiary/aromatic N) is 2. The highest BCUT2D eigenvalue weighted by atomic mass is 127. The number of para-hydroxylation sites is 1. The number of sulfone groups is 1. The highest BCUT2D eigenvalue weighted by molar-refractivity contribution is 14.0. The molecule has 0 fully saturated rings. The van der Waals surface area contributed by atoms with E-state index in [1.807, 2.05) is 39.2 Å². The second-order valence-electron chi connectivity index (χ2n) is 6.64. The molecule has 0 aromatic heterocycles. The van der Waals surface area contributed by atoms with Crippen LogP contribution in [0.4, 0.5) is 0 Å². The van der Waals surface area contributed by atoms with Gasteiger partial charge in [0.05, 0.1) is 18.9 Å². The summed E-state index contributed by atoms with van der Waals surface area (Å²) in [6, 6.07) is 8.04. The van der Waals surface area contributed by atoms with E-state index >= 15 is 0 Å².